The van der Waals surface area contributed by atoms with Crippen molar-refractivity contribution in [3.63, 3.8) is 0 Å². The number of carbonyl (C=O) groups excluding carboxylic acids is 1. The van der Waals surface area contributed by atoms with Gasteiger partial charge in [-0.15, -0.1) is 0 Å². The molecule has 13 heteroatoms. The minimum Gasteiger partial charge on any atom is -0.496 e. The Morgan fingerprint density at radius 1 is 1.15 bits per heavy atom. The predicted molar refractivity (Wildman–Crippen MR) is 126 cm³/mol. The summed E-state index contributed by atoms with van der Waals surface area (Å²) in [5.41, 5.74) is -3.47. The fourth-order valence-corrected chi connectivity index (χ4v) is 5.03. The van der Waals surface area contributed by atoms with Crippen LogP contribution in [0.1, 0.15) is 63.0 Å². The highest BCUT2D eigenvalue weighted by atomic mass is 19.4. The monoisotopic (exact) mass is 562 g/mol. The molecule has 2 saturated heterocycles. The summed E-state index contributed by atoms with van der Waals surface area (Å²) >= 11 is 0. The molecule has 5 unspecified atom stereocenters. The first-order valence-corrected chi connectivity index (χ1v) is 12.1. The van der Waals surface area contributed by atoms with Crippen molar-refractivity contribution in [2.75, 3.05) is 19.0 Å². The number of anilines is 1. The number of aromatic nitrogens is 1. The molecule has 39 heavy (non-hydrogen) atoms. The van der Waals surface area contributed by atoms with E-state index in [4.69, 9.17) is 18.9 Å². The van der Waals surface area contributed by atoms with Crippen molar-refractivity contribution in [2.24, 2.45) is 5.92 Å². The molecule has 5 atom stereocenters. The summed E-state index contributed by atoms with van der Waals surface area (Å²) in [6, 6.07) is 4.80. The fraction of sp³-hybridized carbons (Fsp3) is 0.538. The second kappa shape index (κ2) is 10.3. The molecule has 2 aliphatic heterocycles. The van der Waals surface area contributed by atoms with Crippen LogP contribution >= 0.6 is 0 Å². The van der Waals surface area contributed by atoms with E-state index in [-0.39, 0.29) is 17.9 Å². The molecule has 2 aliphatic rings. The Hall–Kier alpha value is -2.90. The van der Waals surface area contributed by atoms with Gasteiger partial charge in [0.1, 0.15) is 23.8 Å². The number of benzene rings is 1. The van der Waals surface area contributed by atoms with Crippen molar-refractivity contribution >= 4 is 11.6 Å². The van der Waals surface area contributed by atoms with Crippen LogP contribution in [0, 0.1) is 11.7 Å². The summed E-state index contributed by atoms with van der Waals surface area (Å²) in [6.07, 6.45) is -9.17. The van der Waals surface area contributed by atoms with Gasteiger partial charge in [-0.3, -0.25) is 9.78 Å². The largest absolute Gasteiger partial charge is 0.496 e. The summed E-state index contributed by atoms with van der Waals surface area (Å²) in [5, 5.41) is 2.48. The van der Waals surface area contributed by atoms with Gasteiger partial charge in [-0.05, 0) is 39.0 Å². The smallest absolute Gasteiger partial charge is 0.417 e. The number of hydrogen-bond acceptors (Lipinski definition) is 6. The van der Waals surface area contributed by atoms with Gasteiger partial charge >= 0.3 is 6.18 Å². The summed E-state index contributed by atoms with van der Waals surface area (Å²) < 4.78 is 106. The number of ether oxygens (including phenoxy) is 4. The van der Waals surface area contributed by atoms with E-state index in [1.807, 2.05) is 0 Å². The number of amides is 1. The highest BCUT2D eigenvalue weighted by molar-refractivity contribution is 5.95. The van der Waals surface area contributed by atoms with Crippen LogP contribution in [0.3, 0.4) is 0 Å². The third-order valence-corrected chi connectivity index (χ3v) is 7.27. The Balaban J connectivity index is 1.67. The Labute approximate surface area is 220 Å². The standard InChI is InChI=1S/C26H28F6N2O5/c1-12-18(14-7-8-15(27)19(22(28)29)20(14)36-5)21(39-25(12,4)26(30,31)32)23(35)34-13-6-9-16(33-10-13)17-11-37-24(2,3)38-17/h6-10,12,17-18,21-22H,11H2,1-5H3,(H,34,35). The molecule has 1 aromatic carbocycles. The molecule has 214 valence electrons. The van der Waals surface area contributed by atoms with Gasteiger partial charge in [0.25, 0.3) is 12.3 Å². The lowest BCUT2D eigenvalue weighted by atomic mass is 9.76. The number of pyridine rings is 1. The summed E-state index contributed by atoms with van der Waals surface area (Å²) in [7, 11) is 0.996. The third kappa shape index (κ3) is 5.31. The van der Waals surface area contributed by atoms with Crippen LogP contribution < -0.4 is 10.1 Å². The molecule has 0 bridgehead atoms. The van der Waals surface area contributed by atoms with Crippen LogP contribution in [0.5, 0.6) is 5.75 Å². The van der Waals surface area contributed by atoms with Crippen molar-refractivity contribution in [3.05, 3.63) is 53.1 Å². The van der Waals surface area contributed by atoms with E-state index in [0.29, 0.717) is 11.8 Å². The topological polar surface area (TPSA) is 78.9 Å². The SMILES string of the molecule is COc1c(C2C(C(=O)Nc3ccc(C4COC(C)(C)O4)nc3)OC(C)(C(F)(F)F)C2C)ccc(F)c1C(F)F. The highest BCUT2D eigenvalue weighted by Gasteiger charge is 2.66. The molecule has 4 rings (SSSR count). The van der Waals surface area contributed by atoms with Crippen LogP contribution in [-0.4, -0.2) is 48.3 Å². The molecule has 1 N–H and O–H groups in total. The van der Waals surface area contributed by atoms with Gasteiger partial charge in [-0.2, -0.15) is 13.2 Å². The summed E-state index contributed by atoms with van der Waals surface area (Å²) in [6.45, 7) is 5.73. The minimum atomic E-state index is -4.92. The molecule has 0 radical (unpaired) electrons. The number of nitrogens with zero attached hydrogens (tertiary/aromatic N) is 1. The zero-order valence-corrected chi connectivity index (χ0v) is 21.7. The van der Waals surface area contributed by atoms with Crippen LogP contribution in [0.25, 0.3) is 0 Å². The number of alkyl halides is 5. The first kappa shape index (κ1) is 29.1. The number of rotatable bonds is 6. The number of halogens is 6. The lowest BCUT2D eigenvalue weighted by molar-refractivity contribution is -0.272. The minimum absolute atomic E-state index is 0.150. The van der Waals surface area contributed by atoms with Gasteiger partial charge in [0, 0.05) is 17.4 Å². The Kier molecular flexibility index (Phi) is 7.65. The van der Waals surface area contributed by atoms with E-state index in [1.165, 1.54) is 19.2 Å². The second-order valence-corrected chi connectivity index (χ2v) is 10.1. The van der Waals surface area contributed by atoms with E-state index < -0.39 is 71.1 Å². The van der Waals surface area contributed by atoms with E-state index >= 15 is 0 Å². The van der Waals surface area contributed by atoms with Crippen LogP contribution in [-0.2, 0) is 19.0 Å². The highest BCUT2D eigenvalue weighted by Crippen LogP contribution is 2.55. The van der Waals surface area contributed by atoms with E-state index in [1.54, 1.807) is 19.9 Å². The van der Waals surface area contributed by atoms with E-state index in [0.717, 1.165) is 20.1 Å². The van der Waals surface area contributed by atoms with Gasteiger partial charge in [0.05, 0.1) is 36.9 Å². The Morgan fingerprint density at radius 2 is 1.85 bits per heavy atom. The van der Waals surface area contributed by atoms with Crippen LogP contribution in [0.2, 0.25) is 0 Å². The van der Waals surface area contributed by atoms with Crippen molar-refractivity contribution in [1.82, 2.24) is 4.98 Å². The molecule has 0 saturated carbocycles. The quantitative estimate of drug-likeness (QED) is 0.431. The summed E-state index contributed by atoms with van der Waals surface area (Å²) in [4.78, 5) is 17.6. The predicted octanol–water partition coefficient (Wildman–Crippen LogP) is 6.07. The molecule has 2 aromatic rings. The lowest BCUT2D eigenvalue weighted by Crippen LogP contribution is -2.47. The van der Waals surface area contributed by atoms with Gasteiger partial charge in [-0.1, -0.05) is 13.0 Å². The van der Waals surface area contributed by atoms with E-state index in [9.17, 15) is 31.1 Å². The molecule has 3 heterocycles. The maximum absolute atomic E-state index is 14.2. The van der Waals surface area contributed by atoms with Crippen LogP contribution in [0.15, 0.2) is 30.5 Å². The van der Waals surface area contributed by atoms with Gasteiger partial charge in [0.2, 0.25) is 0 Å². The number of carbonyl (C=O) groups is 1. The number of hydrogen-bond donors (Lipinski definition) is 1. The maximum atomic E-state index is 14.2. The third-order valence-electron chi connectivity index (χ3n) is 7.27. The summed E-state index contributed by atoms with van der Waals surface area (Å²) in [5.74, 6) is -6.54. The van der Waals surface area contributed by atoms with Crippen molar-refractivity contribution in [1.29, 1.82) is 0 Å². The van der Waals surface area contributed by atoms with Crippen molar-refractivity contribution in [3.8, 4) is 5.75 Å². The fourth-order valence-electron chi connectivity index (χ4n) is 5.03. The molecule has 2 fully saturated rings. The Morgan fingerprint density at radius 3 is 2.36 bits per heavy atom. The second-order valence-electron chi connectivity index (χ2n) is 10.1. The zero-order chi connectivity index (χ0) is 28.9. The average Bonchev–Trinajstić information content (AvgIpc) is 3.35. The lowest BCUT2D eigenvalue weighted by Gasteiger charge is -2.32. The molecular formula is C26H28F6N2O5. The molecule has 0 aliphatic carbocycles. The molecule has 1 amide bonds. The number of nitrogens with one attached hydrogen (secondary N) is 1. The van der Waals surface area contributed by atoms with Crippen LogP contribution in [0.4, 0.5) is 32.0 Å². The maximum Gasteiger partial charge on any atom is 0.417 e. The Bertz CT molecular complexity index is 1220. The zero-order valence-electron chi connectivity index (χ0n) is 21.7. The van der Waals surface area contributed by atoms with Crippen molar-refractivity contribution in [2.45, 2.75) is 69.8 Å². The molecule has 1 aromatic heterocycles. The van der Waals surface area contributed by atoms with Gasteiger partial charge in [-0.25, -0.2) is 13.2 Å². The number of methoxy groups -OCH3 is 1. The molecule has 0 spiro atoms. The van der Waals surface area contributed by atoms with Crippen molar-refractivity contribution < 1.29 is 50.1 Å². The van der Waals surface area contributed by atoms with E-state index in [2.05, 4.69) is 10.3 Å². The molecular weight excluding hydrogens is 534 g/mol. The average molecular weight is 563 g/mol. The van der Waals surface area contributed by atoms with Gasteiger partial charge < -0.3 is 24.3 Å². The van der Waals surface area contributed by atoms with Gasteiger partial charge in [0.15, 0.2) is 11.4 Å². The normalized spacial score (nSPS) is 28.6. The molecule has 7 nitrogen and oxygen atoms in total. The first-order valence-electron chi connectivity index (χ1n) is 12.1. The first-order chi connectivity index (χ1) is 18.1.